The minimum absolute atomic E-state index is 0.0588. The maximum absolute atomic E-state index is 9.27. The van der Waals surface area contributed by atoms with Crippen molar-refractivity contribution >= 4 is 0 Å². The number of hydrogen-bond acceptors (Lipinski definition) is 4. The summed E-state index contributed by atoms with van der Waals surface area (Å²) < 4.78 is 5.82. The normalized spacial score (nSPS) is 40.1. The highest BCUT2D eigenvalue weighted by Crippen LogP contribution is 2.29. The van der Waals surface area contributed by atoms with Gasteiger partial charge in [0.1, 0.15) is 0 Å². The quantitative estimate of drug-likeness (QED) is 0.715. The van der Waals surface area contributed by atoms with E-state index in [2.05, 4.69) is 18.7 Å². The Kier molecular flexibility index (Phi) is 3.54. The van der Waals surface area contributed by atoms with Crippen LogP contribution in [-0.2, 0) is 4.74 Å². The topological polar surface area (TPSA) is 58.7 Å². The lowest BCUT2D eigenvalue weighted by Crippen LogP contribution is -2.59. The third kappa shape index (κ3) is 2.56. The Balaban J connectivity index is 2.03. The van der Waals surface area contributed by atoms with Crippen molar-refractivity contribution in [2.75, 3.05) is 19.7 Å². The Hall–Kier alpha value is -0.160. The fourth-order valence-electron chi connectivity index (χ4n) is 3.11. The van der Waals surface area contributed by atoms with Gasteiger partial charge in [-0.05, 0) is 26.7 Å². The molecule has 1 aliphatic heterocycles. The average Bonchev–Trinajstić information content (AvgIpc) is 2.62. The largest absolute Gasteiger partial charge is 0.394 e. The number of aliphatic hydroxyl groups is 1. The fraction of sp³-hybridized carbons (Fsp3) is 1.00. The summed E-state index contributed by atoms with van der Waals surface area (Å²) in [4.78, 5) is 2.42. The lowest BCUT2D eigenvalue weighted by Gasteiger charge is -2.45. The molecule has 0 radical (unpaired) electrons. The molecule has 0 aromatic heterocycles. The van der Waals surface area contributed by atoms with Crippen molar-refractivity contribution in [2.24, 2.45) is 5.73 Å². The summed E-state index contributed by atoms with van der Waals surface area (Å²) in [5.74, 6) is 0. The van der Waals surface area contributed by atoms with Gasteiger partial charge in [-0.3, -0.25) is 4.90 Å². The number of nitrogens with two attached hydrogens (primary N) is 1. The number of morpholine rings is 1. The van der Waals surface area contributed by atoms with Gasteiger partial charge in [0, 0.05) is 25.2 Å². The molecular formula is C12H24N2O2. The standard InChI is InChI=1S/C12H24N2O2/c1-12(2)8-14(6-9(7-15)16-12)11-5-3-4-10(11)13/h9-11,15H,3-8,13H2,1-2H3. The van der Waals surface area contributed by atoms with Gasteiger partial charge in [0.2, 0.25) is 0 Å². The SMILES string of the molecule is CC1(C)CN(C2CCCC2N)CC(CO)O1. The zero-order valence-electron chi connectivity index (χ0n) is 10.4. The zero-order chi connectivity index (χ0) is 11.8. The Morgan fingerprint density at radius 2 is 2.19 bits per heavy atom. The summed E-state index contributed by atoms with van der Waals surface area (Å²) in [7, 11) is 0. The summed E-state index contributed by atoms with van der Waals surface area (Å²) in [6.07, 6.45) is 3.49. The molecule has 1 saturated heterocycles. The molecule has 1 heterocycles. The molecule has 4 heteroatoms. The molecule has 16 heavy (non-hydrogen) atoms. The highest BCUT2D eigenvalue weighted by atomic mass is 16.5. The van der Waals surface area contributed by atoms with Gasteiger partial charge in [-0.1, -0.05) is 6.42 Å². The molecule has 0 aromatic rings. The molecule has 2 rings (SSSR count). The van der Waals surface area contributed by atoms with E-state index in [4.69, 9.17) is 10.5 Å². The van der Waals surface area contributed by atoms with Crippen molar-refractivity contribution in [3.05, 3.63) is 0 Å². The van der Waals surface area contributed by atoms with E-state index in [1.54, 1.807) is 0 Å². The van der Waals surface area contributed by atoms with E-state index >= 15 is 0 Å². The fourth-order valence-corrected chi connectivity index (χ4v) is 3.11. The van der Waals surface area contributed by atoms with Gasteiger partial charge in [-0.15, -0.1) is 0 Å². The molecule has 3 atom stereocenters. The van der Waals surface area contributed by atoms with Crippen LogP contribution in [0.3, 0.4) is 0 Å². The monoisotopic (exact) mass is 228 g/mol. The molecule has 0 amide bonds. The molecule has 1 saturated carbocycles. The number of hydrogen-bond donors (Lipinski definition) is 2. The van der Waals surface area contributed by atoms with Crippen LogP contribution in [0.25, 0.3) is 0 Å². The highest BCUT2D eigenvalue weighted by Gasteiger charge is 2.39. The molecule has 2 fully saturated rings. The average molecular weight is 228 g/mol. The van der Waals surface area contributed by atoms with Crippen LogP contribution in [0.1, 0.15) is 33.1 Å². The number of aliphatic hydroxyl groups excluding tert-OH is 1. The lowest BCUT2D eigenvalue weighted by molar-refractivity contribution is -0.157. The van der Waals surface area contributed by atoms with Crippen LogP contribution < -0.4 is 5.73 Å². The van der Waals surface area contributed by atoms with Crippen molar-refractivity contribution in [1.82, 2.24) is 4.90 Å². The second kappa shape index (κ2) is 4.61. The molecule has 94 valence electrons. The van der Waals surface area contributed by atoms with Crippen LogP contribution in [0.2, 0.25) is 0 Å². The Morgan fingerprint density at radius 3 is 2.75 bits per heavy atom. The van der Waals surface area contributed by atoms with Crippen LogP contribution >= 0.6 is 0 Å². The third-order valence-corrected chi connectivity index (χ3v) is 3.71. The Bertz CT molecular complexity index is 245. The minimum Gasteiger partial charge on any atom is -0.394 e. The number of rotatable bonds is 2. The second-order valence-corrected chi connectivity index (χ2v) is 5.77. The molecule has 2 aliphatic rings. The summed E-state index contributed by atoms with van der Waals surface area (Å²) in [5.41, 5.74) is 5.97. The van der Waals surface area contributed by atoms with Gasteiger partial charge < -0.3 is 15.6 Å². The Morgan fingerprint density at radius 1 is 1.44 bits per heavy atom. The smallest absolute Gasteiger partial charge is 0.0940 e. The molecule has 0 aromatic carbocycles. The predicted molar refractivity (Wildman–Crippen MR) is 63.2 cm³/mol. The molecule has 4 nitrogen and oxygen atoms in total. The van der Waals surface area contributed by atoms with Crippen molar-refractivity contribution in [3.63, 3.8) is 0 Å². The maximum Gasteiger partial charge on any atom is 0.0940 e. The van der Waals surface area contributed by atoms with E-state index in [0.29, 0.717) is 12.1 Å². The molecule has 0 spiro atoms. The third-order valence-electron chi connectivity index (χ3n) is 3.71. The van der Waals surface area contributed by atoms with E-state index < -0.39 is 0 Å². The van der Waals surface area contributed by atoms with E-state index in [-0.39, 0.29) is 18.3 Å². The van der Waals surface area contributed by atoms with Crippen LogP contribution in [0.5, 0.6) is 0 Å². The van der Waals surface area contributed by atoms with Crippen LogP contribution in [0.15, 0.2) is 0 Å². The highest BCUT2D eigenvalue weighted by molar-refractivity contribution is 4.94. The van der Waals surface area contributed by atoms with Crippen molar-refractivity contribution in [2.45, 2.75) is 56.9 Å². The maximum atomic E-state index is 9.27. The van der Waals surface area contributed by atoms with Crippen LogP contribution in [0, 0.1) is 0 Å². The lowest BCUT2D eigenvalue weighted by atomic mass is 10.0. The van der Waals surface area contributed by atoms with E-state index in [1.807, 2.05) is 0 Å². The van der Waals surface area contributed by atoms with E-state index in [9.17, 15) is 5.11 Å². The first kappa shape index (κ1) is 12.3. The van der Waals surface area contributed by atoms with Crippen LogP contribution in [0.4, 0.5) is 0 Å². The van der Waals surface area contributed by atoms with E-state index in [1.165, 1.54) is 12.8 Å². The van der Waals surface area contributed by atoms with Crippen LogP contribution in [-0.4, -0.2) is 53.5 Å². The first-order chi connectivity index (χ1) is 7.52. The number of ether oxygens (including phenoxy) is 1. The summed E-state index contributed by atoms with van der Waals surface area (Å²) >= 11 is 0. The Labute approximate surface area is 97.7 Å². The molecule has 3 unspecified atom stereocenters. The molecule has 3 N–H and O–H groups in total. The van der Waals surface area contributed by atoms with Gasteiger partial charge in [-0.2, -0.15) is 0 Å². The first-order valence-electron chi connectivity index (χ1n) is 6.30. The van der Waals surface area contributed by atoms with Crippen molar-refractivity contribution in [3.8, 4) is 0 Å². The second-order valence-electron chi connectivity index (χ2n) is 5.77. The van der Waals surface area contributed by atoms with Crippen molar-refractivity contribution < 1.29 is 9.84 Å². The first-order valence-corrected chi connectivity index (χ1v) is 6.30. The minimum atomic E-state index is -0.173. The molecular weight excluding hydrogens is 204 g/mol. The van der Waals surface area contributed by atoms with Crippen molar-refractivity contribution in [1.29, 1.82) is 0 Å². The van der Waals surface area contributed by atoms with Gasteiger partial charge in [0.15, 0.2) is 0 Å². The van der Waals surface area contributed by atoms with Gasteiger partial charge >= 0.3 is 0 Å². The summed E-state index contributed by atoms with van der Waals surface area (Å²) in [6.45, 7) is 6.01. The van der Waals surface area contributed by atoms with E-state index in [0.717, 1.165) is 19.5 Å². The van der Waals surface area contributed by atoms with Gasteiger partial charge in [0.25, 0.3) is 0 Å². The summed E-state index contributed by atoms with van der Waals surface area (Å²) in [5, 5.41) is 9.27. The summed E-state index contributed by atoms with van der Waals surface area (Å²) in [6, 6.07) is 0.783. The molecule has 1 aliphatic carbocycles. The zero-order valence-corrected chi connectivity index (χ0v) is 10.4. The number of nitrogens with zero attached hydrogens (tertiary/aromatic N) is 1. The molecule has 0 bridgehead atoms. The van der Waals surface area contributed by atoms with Gasteiger partial charge in [0.05, 0.1) is 18.3 Å². The van der Waals surface area contributed by atoms with Gasteiger partial charge in [-0.25, -0.2) is 0 Å². The predicted octanol–water partition coefficient (Wildman–Crippen LogP) is 0.338.